The molecule has 0 spiro atoms. The van der Waals surface area contributed by atoms with Crippen molar-refractivity contribution in [3.05, 3.63) is 48.5 Å². The van der Waals surface area contributed by atoms with Crippen LogP contribution in [0.5, 0.6) is 11.5 Å². The highest BCUT2D eigenvalue weighted by Gasteiger charge is 2.04. The van der Waals surface area contributed by atoms with Crippen molar-refractivity contribution in [3.8, 4) is 11.5 Å². The van der Waals surface area contributed by atoms with Crippen molar-refractivity contribution in [3.63, 3.8) is 0 Å². The van der Waals surface area contributed by atoms with Gasteiger partial charge in [-0.15, -0.1) is 0 Å². The number of ether oxygens (including phenoxy) is 2. The molecule has 0 atom stereocenters. The highest BCUT2D eigenvalue weighted by molar-refractivity contribution is 5.56. The molecule has 0 radical (unpaired) electrons. The molecule has 2 aromatic carbocycles. The molecular formula is C36H58N2O2. The van der Waals surface area contributed by atoms with Crippen LogP contribution in [-0.2, 0) is 0 Å². The summed E-state index contributed by atoms with van der Waals surface area (Å²) in [7, 11) is 0. The molecule has 0 aromatic heterocycles. The number of hydrogen-bond acceptors (Lipinski definition) is 4. The van der Waals surface area contributed by atoms with E-state index >= 15 is 0 Å². The SMILES string of the molecule is c1ccc2c(c1)NCCCCCCCCCCCCOc1ccccc1NCCCCCCCCCCCCO2. The number of hydrogen-bond donors (Lipinski definition) is 2. The van der Waals surface area contributed by atoms with Crippen LogP contribution in [0.4, 0.5) is 11.4 Å². The number of fused-ring (bicyclic) bond motifs is 2. The van der Waals surface area contributed by atoms with Crippen LogP contribution < -0.4 is 20.1 Å². The Morgan fingerprint density at radius 3 is 1.02 bits per heavy atom. The summed E-state index contributed by atoms with van der Waals surface area (Å²) in [6.07, 6.45) is 26.2. The summed E-state index contributed by atoms with van der Waals surface area (Å²) < 4.78 is 12.3. The summed E-state index contributed by atoms with van der Waals surface area (Å²) in [5.41, 5.74) is 2.30. The Morgan fingerprint density at radius 2 is 0.650 bits per heavy atom. The molecule has 0 saturated heterocycles. The number of nitrogens with one attached hydrogen (secondary N) is 2. The van der Waals surface area contributed by atoms with Crippen LogP contribution in [0.25, 0.3) is 0 Å². The Hall–Kier alpha value is -2.36. The molecule has 4 nitrogen and oxygen atoms in total. The molecule has 0 amide bonds. The van der Waals surface area contributed by atoms with Crippen LogP contribution >= 0.6 is 0 Å². The van der Waals surface area contributed by atoms with E-state index in [1.165, 1.54) is 116 Å². The first-order valence-corrected chi connectivity index (χ1v) is 16.8. The largest absolute Gasteiger partial charge is 0.491 e. The van der Waals surface area contributed by atoms with Crippen molar-refractivity contribution in [1.29, 1.82) is 0 Å². The Labute approximate surface area is 246 Å². The molecule has 2 N–H and O–H groups in total. The van der Waals surface area contributed by atoms with Gasteiger partial charge in [-0.2, -0.15) is 0 Å². The second-order valence-electron chi connectivity index (χ2n) is 11.6. The molecular weight excluding hydrogens is 492 g/mol. The molecule has 2 aromatic rings. The van der Waals surface area contributed by atoms with E-state index < -0.39 is 0 Å². The highest BCUT2D eigenvalue weighted by Crippen LogP contribution is 2.25. The van der Waals surface area contributed by atoms with E-state index in [0.29, 0.717) is 0 Å². The number of benzene rings is 2. The van der Waals surface area contributed by atoms with Gasteiger partial charge in [0, 0.05) is 13.1 Å². The molecule has 0 unspecified atom stereocenters. The molecule has 3 rings (SSSR count). The Kier molecular flexibility index (Phi) is 18.0. The maximum absolute atomic E-state index is 6.14. The average molecular weight is 551 g/mol. The minimum atomic E-state index is 0.823. The van der Waals surface area contributed by atoms with E-state index in [9.17, 15) is 0 Å². The summed E-state index contributed by atoms with van der Waals surface area (Å²) in [6, 6.07) is 16.9. The second-order valence-corrected chi connectivity index (χ2v) is 11.6. The van der Waals surface area contributed by atoms with Gasteiger partial charge in [0.25, 0.3) is 0 Å². The maximum atomic E-state index is 6.14. The Balaban J connectivity index is 1.35. The number of rotatable bonds is 0. The lowest BCUT2D eigenvalue weighted by Gasteiger charge is -2.13. The highest BCUT2D eigenvalue weighted by atomic mass is 16.5. The summed E-state index contributed by atoms with van der Waals surface area (Å²) in [5, 5.41) is 7.23. The van der Waals surface area contributed by atoms with Gasteiger partial charge in [-0.3, -0.25) is 0 Å². The monoisotopic (exact) mass is 550 g/mol. The van der Waals surface area contributed by atoms with E-state index in [2.05, 4.69) is 59.2 Å². The fraction of sp³-hybridized carbons (Fsp3) is 0.667. The van der Waals surface area contributed by atoms with E-state index in [-0.39, 0.29) is 0 Å². The van der Waals surface area contributed by atoms with Crippen molar-refractivity contribution in [2.45, 2.75) is 128 Å². The van der Waals surface area contributed by atoms with Gasteiger partial charge in [0.1, 0.15) is 11.5 Å². The van der Waals surface area contributed by atoms with Gasteiger partial charge in [-0.1, -0.05) is 127 Å². The van der Waals surface area contributed by atoms with Gasteiger partial charge in [0.15, 0.2) is 0 Å². The standard InChI is InChI=1S/C36H58N2O2/c1-3-7-11-15-23-31-39-36-28-20-18-26-34(36)38-30-22-14-10-6-2-4-8-12-16-24-32-40-35-27-19-17-25-33(35)37-29-21-13-9-5-1/h17-20,25-28,37-38H,1-16,21-24,29-32H2. The minimum Gasteiger partial charge on any atom is -0.491 e. The van der Waals surface area contributed by atoms with E-state index in [1.807, 2.05) is 0 Å². The van der Waals surface area contributed by atoms with Gasteiger partial charge in [0.05, 0.1) is 24.6 Å². The molecule has 0 saturated carbocycles. The first-order valence-electron chi connectivity index (χ1n) is 16.8. The molecule has 224 valence electrons. The first-order chi connectivity index (χ1) is 19.9. The van der Waals surface area contributed by atoms with Crippen molar-refractivity contribution in [2.75, 3.05) is 36.9 Å². The quantitative estimate of drug-likeness (QED) is 0.342. The fourth-order valence-corrected chi connectivity index (χ4v) is 5.57. The Morgan fingerprint density at radius 1 is 0.350 bits per heavy atom. The lowest BCUT2D eigenvalue weighted by atomic mass is 10.1. The minimum absolute atomic E-state index is 0.823. The van der Waals surface area contributed by atoms with Crippen LogP contribution in [0.2, 0.25) is 0 Å². The maximum Gasteiger partial charge on any atom is 0.142 e. The Bertz CT molecular complexity index is 730. The molecule has 0 bridgehead atoms. The summed E-state index contributed by atoms with van der Waals surface area (Å²) in [4.78, 5) is 0. The molecule has 0 aliphatic carbocycles. The van der Waals surface area contributed by atoms with Gasteiger partial charge in [-0.05, 0) is 49.9 Å². The molecule has 4 heteroatoms. The van der Waals surface area contributed by atoms with Crippen molar-refractivity contribution >= 4 is 11.4 Å². The van der Waals surface area contributed by atoms with Gasteiger partial charge < -0.3 is 20.1 Å². The van der Waals surface area contributed by atoms with Crippen molar-refractivity contribution < 1.29 is 9.47 Å². The number of para-hydroxylation sites is 4. The van der Waals surface area contributed by atoms with E-state index in [1.54, 1.807) is 0 Å². The van der Waals surface area contributed by atoms with Crippen LogP contribution in [0.3, 0.4) is 0 Å². The topological polar surface area (TPSA) is 42.5 Å². The zero-order chi connectivity index (χ0) is 27.8. The fourth-order valence-electron chi connectivity index (χ4n) is 5.57. The molecule has 0 fully saturated rings. The van der Waals surface area contributed by atoms with Crippen LogP contribution in [0.15, 0.2) is 48.5 Å². The van der Waals surface area contributed by atoms with Gasteiger partial charge >= 0.3 is 0 Å². The van der Waals surface area contributed by atoms with E-state index in [4.69, 9.17) is 9.47 Å². The molecule has 40 heavy (non-hydrogen) atoms. The van der Waals surface area contributed by atoms with Gasteiger partial charge in [-0.25, -0.2) is 0 Å². The molecule has 1 aliphatic rings. The zero-order valence-corrected chi connectivity index (χ0v) is 25.4. The molecule has 1 aliphatic heterocycles. The summed E-state index contributed by atoms with van der Waals surface area (Å²) in [5.74, 6) is 2.03. The van der Waals surface area contributed by atoms with Gasteiger partial charge in [0.2, 0.25) is 0 Å². The van der Waals surface area contributed by atoms with Crippen molar-refractivity contribution in [2.24, 2.45) is 0 Å². The zero-order valence-electron chi connectivity index (χ0n) is 25.4. The summed E-state index contributed by atoms with van der Waals surface area (Å²) >= 11 is 0. The number of anilines is 2. The van der Waals surface area contributed by atoms with Crippen molar-refractivity contribution in [1.82, 2.24) is 0 Å². The lowest BCUT2D eigenvalue weighted by molar-refractivity contribution is 0.305. The van der Waals surface area contributed by atoms with Crippen LogP contribution in [0, 0.1) is 0 Å². The third kappa shape index (κ3) is 14.9. The normalized spacial score (nSPS) is 19.4. The van der Waals surface area contributed by atoms with E-state index in [0.717, 1.165) is 62.0 Å². The first kappa shape index (κ1) is 32.2. The molecule has 1 heterocycles. The predicted octanol–water partition coefficient (Wildman–Crippen LogP) is 10.8. The third-order valence-electron chi connectivity index (χ3n) is 8.06. The second kappa shape index (κ2) is 22.3. The van der Waals surface area contributed by atoms with Crippen LogP contribution in [0.1, 0.15) is 128 Å². The lowest BCUT2D eigenvalue weighted by Crippen LogP contribution is -2.05. The smallest absolute Gasteiger partial charge is 0.142 e. The summed E-state index contributed by atoms with van der Waals surface area (Å²) in [6.45, 7) is 3.71. The predicted molar refractivity (Wildman–Crippen MR) is 173 cm³/mol. The third-order valence-corrected chi connectivity index (χ3v) is 8.06. The van der Waals surface area contributed by atoms with Crippen LogP contribution in [-0.4, -0.2) is 26.3 Å². The average Bonchev–Trinajstić information content (AvgIpc) is 2.98.